The quantitative estimate of drug-likeness (QED) is 0.462. The fraction of sp³-hybridized carbons (Fsp3) is 0.143. The van der Waals surface area contributed by atoms with E-state index in [-0.39, 0.29) is 6.29 Å². The van der Waals surface area contributed by atoms with Crippen molar-refractivity contribution in [1.82, 2.24) is 4.98 Å². The predicted molar refractivity (Wildman–Crippen MR) is 37.5 cm³/mol. The van der Waals surface area contributed by atoms with Gasteiger partial charge in [-0.25, -0.2) is 0 Å². The molecule has 0 saturated carbocycles. The van der Waals surface area contributed by atoms with Gasteiger partial charge in [0.05, 0.1) is 0 Å². The van der Waals surface area contributed by atoms with Crippen LogP contribution in [0.1, 0.15) is 6.92 Å². The van der Waals surface area contributed by atoms with Crippen LogP contribution in [0.15, 0.2) is 24.5 Å². The van der Waals surface area contributed by atoms with Gasteiger partial charge in [0.25, 0.3) is 0 Å². The molecule has 0 fully saturated rings. The first kappa shape index (κ1) is 8.62. The van der Waals surface area contributed by atoms with Crippen molar-refractivity contribution in [3.8, 4) is 0 Å². The first-order valence-corrected chi connectivity index (χ1v) is 2.81. The van der Waals surface area contributed by atoms with Crippen molar-refractivity contribution in [2.75, 3.05) is 0 Å². The molecular formula is C7H9NO2. The minimum Gasteiger partial charge on any atom is -0.368 e. The number of H-pyrrole nitrogens is 1. The Hall–Kier alpha value is -1.38. The molecule has 0 saturated heterocycles. The molecule has 0 aliphatic rings. The highest BCUT2D eigenvalue weighted by atomic mass is 16.2. The molecule has 0 spiro atoms. The molecule has 0 unspecified atom stereocenters. The van der Waals surface area contributed by atoms with Crippen molar-refractivity contribution in [3.05, 3.63) is 24.5 Å². The van der Waals surface area contributed by atoms with Crippen LogP contribution in [0.5, 0.6) is 0 Å². The lowest BCUT2D eigenvalue weighted by Crippen LogP contribution is -1.85. The molecule has 54 valence electrons. The van der Waals surface area contributed by atoms with Crippen LogP contribution in [0.3, 0.4) is 0 Å². The zero-order chi connectivity index (χ0) is 7.82. The summed E-state index contributed by atoms with van der Waals surface area (Å²) in [5.74, 6) is -0.426. The van der Waals surface area contributed by atoms with E-state index in [1.807, 2.05) is 24.5 Å². The smallest absolute Gasteiger partial charge is 0.192 e. The van der Waals surface area contributed by atoms with Crippen LogP contribution in [-0.2, 0) is 9.59 Å². The Morgan fingerprint density at radius 1 is 1.40 bits per heavy atom. The van der Waals surface area contributed by atoms with E-state index >= 15 is 0 Å². The summed E-state index contributed by atoms with van der Waals surface area (Å²) in [5, 5.41) is 0. The summed E-state index contributed by atoms with van der Waals surface area (Å²) in [4.78, 5) is 21.5. The van der Waals surface area contributed by atoms with Gasteiger partial charge in [0.2, 0.25) is 0 Å². The van der Waals surface area contributed by atoms with Crippen molar-refractivity contribution >= 4 is 12.1 Å². The van der Waals surface area contributed by atoms with E-state index in [1.54, 1.807) is 0 Å². The first-order chi connectivity index (χ1) is 4.77. The van der Waals surface area contributed by atoms with E-state index in [4.69, 9.17) is 4.79 Å². The lowest BCUT2D eigenvalue weighted by molar-refractivity contribution is -0.128. The van der Waals surface area contributed by atoms with Crippen molar-refractivity contribution in [2.45, 2.75) is 6.92 Å². The standard InChI is InChI=1S/C4H5N.C3H4O2/c1-2-4-5-3-1;1-3(5)2-4/h1-5H;2H,1H3. The molecule has 0 amide bonds. The number of ketones is 1. The van der Waals surface area contributed by atoms with Gasteiger partial charge >= 0.3 is 0 Å². The number of Topliss-reactive ketones (excluding diaryl/α,β-unsaturated/α-hetero) is 1. The molecule has 3 nitrogen and oxygen atoms in total. The van der Waals surface area contributed by atoms with Gasteiger partial charge in [-0.2, -0.15) is 0 Å². The molecule has 0 aliphatic carbocycles. The second kappa shape index (κ2) is 5.75. The van der Waals surface area contributed by atoms with E-state index in [0.29, 0.717) is 0 Å². The second-order valence-corrected chi connectivity index (χ2v) is 1.61. The largest absolute Gasteiger partial charge is 0.368 e. The molecule has 1 aromatic heterocycles. The topological polar surface area (TPSA) is 49.9 Å². The normalized spacial score (nSPS) is 7.30. The Bertz CT molecular complexity index is 162. The van der Waals surface area contributed by atoms with Crippen LogP contribution in [0.2, 0.25) is 0 Å². The van der Waals surface area contributed by atoms with Crippen LogP contribution in [0.25, 0.3) is 0 Å². The Morgan fingerprint density at radius 2 is 1.80 bits per heavy atom. The molecule has 0 aliphatic heterocycles. The van der Waals surface area contributed by atoms with E-state index in [0.717, 1.165) is 0 Å². The summed E-state index contributed by atoms with van der Waals surface area (Å²) in [7, 11) is 0. The van der Waals surface area contributed by atoms with E-state index in [9.17, 15) is 4.79 Å². The highest BCUT2D eigenvalue weighted by Gasteiger charge is 1.76. The maximum atomic E-state index is 9.44. The fourth-order valence-corrected chi connectivity index (χ4v) is 0.278. The fourth-order valence-electron chi connectivity index (χ4n) is 0.278. The lowest BCUT2D eigenvalue weighted by atomic mass is 10.5. The van der Waals surface area contributed by atoms with Crippen LogP contribution in [0, 0.1) is 0 Å². The maximum Gasteiger partial charge on any atom is 0.192 e. The highest BCUT2D eigenvalue weighted by molar-refractivity contribution is 6.23. The number of aromatic amines is 1. The molecule has 10 heavy (non-hydrogen) atoms. The van der Waals surface area contributed by atoms with Gasteiger partial charge in [0, 0.05) is 19.3 Å². The van der Waals surface area contributed by atoms with Gasteiger partial charge in [-0.3, -0.25) is 9.59 Å². The van der Waals surface area contributed by atoms with E-state index in [2.05, 4.69) is 4.98 Å². The number of hydrogen-bond acceptors (Lipinski definition) is 2. The van der Waals surface area contributed by atoms with Crippen molar-refractivity contribution < 1.29 is 9.59 Å². The summed E-state index contributed by atoms with van der Waals surface area (Å²) in [6, 6.07) is 3.89. The number of hydrogen-bond donors (Lipinski definition) is 1. The average Bonchev–Trinajstić information content (AvgIpc) is 2.43. The first-order valence-electron chi connectivity index (χ1n) is 2.81. The molecule has 0 aromatic carbocycles. The Labute approximate surface area is 59.1 Å². The van der Waals surface area contributed by atoms with E-state index < -0.39 is 5.78 Å². The third-order valence-corrected chi connectivity index (χ3v) is 0.662. The summed E-state index contributed by atoms with van der Waals surface area (Å²) >= 11 is 0. The monoisotopic (exact) mass is 139 g/mol. The summed E-state index contributed by atoms with van der Waals surface area (Å²) in [5.41, 5.74) is 0. The van der Waals surface area contributed by atoms with Gasteiger partial charge in [-0.15, -0.1) is 0 Å². The van der Waals surface area contributed by atoms with Crippen molar-refractivity contribution in [2.24, 2.45) is 0 Å². The molecular weight excluding hydrogens is 130 g/mol. The number of rotatable bonds is 1. The maximum absolute atomic E-state index is 9.44. The minimum absolute atomic E-state index is 0.278. The zero-order valence-electron chi connectivity index (χ0n) is 5.70. The minimum atomic E-state index is -0.426. The highest BCUT2D eigenvalue weighted by Crippen LogP contribution is 1.72. The van der Waals surface area contributed by atoms with Gasteiger partial charge in [-0.1, -0.05) is 0 Å². The third kappa shape index (κ3) is 6.62. The van der Waals surface area contributed by atoms with Gasteiger partial charge < -0.3 is 4.98 Å². The van der Waals surface area contributed by atoms with Crippen LogP contribution in [-0.4, -0.2) is 17.1 Å². The molecule has 1 N–H and O–H groups in total. The SMILES string of the molecule is CC(=O)C=O.c1cc[nH]c1. The molecule has 1 rings (SSSR count). The van der Waals surface area contributed by atoms with Crippen LogP contribution < -0.4 is 0 Å². The molecule has 0 atom stereocenters. The number of aromatic nitrogens is 1. The number of carbonyl (C=O) groups excluding carboxylic acids is 2. The van der Waals surface area contributed by atoms with Crippen molar-refractivity contribution in [1.29, 1.82) is 0 Å². The van der Waals surface area contributed by atoms with E-state index in [1.165, 1.54) is 6.92 Å². The van der Waals surface area contributed by atoms with Gasteiger partial charge in [-0.05, 0) is 12.1 Å². The van der Waals surface area contributed by atoms with Crippen LogP contribution in [0.4, 0.5) is 0 Å². The number of nitrogens with one attached hydrogen (secondary N) is 1. The van der Waals surface area contributed by atoms with Gasteiger partial charge in [0.15, 0.2) is 12.1 Å². The molecule has 1 aromatic rings. The summed E-state index contributed by atoms with van der Waals surface area (Å²) < 4.78 is 0. The Kier molecular flexibility index (Phi) is 4.96. The Morgan fingerprint density at radius 3 is 1.90 bits per heavy atom. The second-order valence-electron chi connectivity index (χ2n) is 1.61. The summed E-state index contributed by atoms with van der Waals surface area (Å²) in [6.45, 7) is 1.22. The van der Waals surface area contributed by atoms with Crippen LogP contribution >= 0.6 is 0 Å². The zero-order valence-corrected chi connectivity index (χ0v) is 5.70. The molecule has 1 heterocycles. The predicted octanol–water partition coefficient (Wildman–Crippen LogP) is 0.789. The average molecular weight is 139 g/mol. The number of aldehydes is 1. The third-order valence-electron chi connectivity index (χ3n) is 0.662. The van der Waals surface area contributed by atoms with Crippen molar-refractivity contribution in [3.63, 3.8) is 0 Å². The lowest BCUT2D eigenvalue weighted by Gasteiger charge is -1.57. The molecule has 0 radical (unpaired) electrons. The Balaban J connectivity index is 0.000000162. The number of carbonyl (C=O) groups is 2. The summed E-state index contributed by atoms with van der Waals surface area (Å²) in [6.07, 6.45) is 4.03. The molecule has 0 bridgehead atoms. The van der Waals surface area contributed by atoms with Gasteiger partial charge in [0.1, 0.15) is 0 Å². The molecule has 3 heteroatoms.